The lowest BCUT2D eigenvalue weighted by molar-refractivity contribution is -0.123. The van der Waals surface area contributed by atoms with Gasteiger partial charge in [-0.25, -0.2) is 5.43 Å². The molecule has 0 heterocycles. The van der Waals surface area contributed by atoms with Gasteiger partial charge in [-0.05, 0) is 59.7 Å². The summed E-state index contributed by atoms with van der Waals surface area (Å²) in [5.74, 6) is 0.911. The summed E-state index contributed by atoms with van der Waals surface area (Å²) < 4.78 is 12.2. The Labute approximate surface area is 182 Å². The lowest BCUT2D eigenvalue weighted by Crippen LogP contribution is -2.24. The van der Waals surface area contributed by atoms with E-state index in [9.17, 15) is 4.79 Å². The largest absolute Gasteiger partial charge is 0.489 e. The van der Waals surface area contributed by atoms with Crippen LogP contribution in [0.25, 0.3) is 0 Å². The molecular formula is C22H18BrClN2O3. The number of carbonyl (C=O) groups excluding carboxylic acids is 1. The molecule has 0 aliphatic heterocycles. The van der Waals surface area contributed by atoms with Gasteiger partial charge in [0.2, 0.25) is 0 Å². The third-order valence-electron chi connectivity index (χ3n) is 3.74. The van der Waals surface area contributed by atoms with Crippen LogP contribution in [0.1, 0.15) is 11.1 Å². The number of amides is 1. The van der Waals surface area contributed by atoms with E-state index in [4.69, 9.17) is 21.1 Å². The van der Waals surface area contributed by atoms with Crippen molar-refractivity contribution < 1.29 is 14.3 Å². The Morgan fingerprint density at radius 1 is 1.00 bits per heavy atom. The highest BCUT2D eigenvalue weighted by Crippen LogP contribution is 2.17. The molecule has 148 valence electrons. The van der Waals surface area contributed by atoms with Crippen molar-refractivity contribution >= 4 is 39.7 Å². The minimum absolute atomic E-state index is 0.144. The molecule has 0 saturated carbocycles. The van der Waals surface area contributed by atoms with Crippen molar-refractivity contribution in [1.29, 1.82) is 0 Å². The third-order valence-corrected chi connectivity index (χ3v) is 4.48. The van der Waals surface area contributed by atoms with Crippen LogP contribution in [0.15, 0.2) is 82.4 Å². The Morgan fingerprint density at radius 2 is 1.79 bits per heavy atom. The maximum absolute atomic E-state index is 11.8. The molecule has 0 unspecified atom stereocenters. The normalized spacial score (nSPS) is 10.7. The van der Waals surface area contributed by atoms with E-state index >= 15 is 0 Å². The van der Waals surface area contributed by atoms with Gasteiger partial charge in [0.1, 0.15) is 18.1 Å². The molecule has 0 atom stereocenters. The lowest BCUT2D eigenvalue weighted by Gasteiger charge is -2.07. The van der Waals surface area contributed by atoms with Crippen molar-refractivity contribution in [3.8, 4) is 11.5 Å². The highest BCUT2D eigenvalue weighted by atomic mass is 79.9. The first-order valence-electron chi connectivity index (χ1n) is 8.76. The summed E-state index contributed by atoms with van der Waals surface area (Å²) in [4.78, 5) is 11.8. The smallest absolute Gasteiger partial charge is 0.277 e. The molecule has 0 fully saturated rings. The summed E-state index contributed by atoms with van der Waals surface area (Å²) in [6, 6.07) is 22.2. The first-order valence-corrected chi connectivity index (χ1v) is 9.93. The van der Waals surface area contributed by atoms with E-state index in [-0.39, 0.29) is 12.5 Å². The van der Waals surface area contributed by atoms with Crippen LogP contribution < -0.4 is 14.9 Å². The second-order valence-corrected chi connectivity index (χ2v) is 7.38. The number of halogens is 2. The lowest BCUT2D eigenvalue weighted by atomic mass is 10.2. The Balaban J connectivity index is 1.46. The minimum Gasteiger partial charge on any atom is -0.489 e. The molecule has 7 heteroatoms. The Morgan fingerprint density at radius 3 is 2.59 bits per heavy atom. The van der Waals surface area contributed by atoms with Gasteiger partial charge in [0.05, 0.1) is 6.21 Å². The number of ether oxygens (including phenoxy) is 2. The van der Waals surface area contributed by atoms with Gasteiger partial charge in [0.15, 0.2) is 6.61 Å². The van der Waals surface area contributed by atoms with Crippen molar-refractivity contribution in [3.63, 3.8) is 0 Å². The van der Waals surface area contributed by atoms with Crippen molar-refractivity contribution in [2.45, 2.75) is 6.61 Å². The zero-order valence-electron chi connectivity index (χ0n) is 15.3. The van der Waals surface area contributed by atoms with Crippen LogP contribution in [0.2, 0.25) is 5.02 Å². The topological polar surface area (TPSA) is 59.9 Å². The molecule has 5 nitrogen and oxygen atoms in total. The van der Waals surface area contributed by atoms with Gasteiger partial charge in [0, 0.05) is 9.50 Å². The highest BCUT2D eigenvalue weighted by molar-refractivity contribution is 9.10. The van der Waals surface area contributed by atoms with Gasteiger partial charge in [-0.2, -0.15) is 5.10 Å². The third kappa shape index (κ3) is 7.25. The van der Waals surface area contributed by atoms with E-state index in [1.165, 1.54) is 0 Å². The molecule has 0 aliphatic carbocycles. The number of nitrogens with zero attached hydrogens (tertiary/aromatic N) is 1. The van der Waals surface area contributed by atoms with E-state index in [1.54, 1.807) is 30.5 Å². The second-order valence-electron chi connectivity index (χ2n) is 6.03. The van der Waals surface area contributed by atoms with Crippen molar-refractivity contribution in [1.82, 2.24) is 5.43 Å². The van der Waals surface area contributed by atoms with Crippen LogP contribution in [0.3, 0.4) is 0 Å². The minimum atomic E-state index is -0.363. The number of rotatable bonds is 8. The molecule has 0 bridgehead atoms. The van der Waals surface area contributed by atoms with E-state index in [0.29, 0.717) is 23.1 Å². The molecule has 3 rings (SSSR count). The van der Waals surface area contributed by atoms with Crippen LogP contribution in [-0.4, -0.2) is 18.7 Å². The fourth-order valence-corrected chi connectivity index (χ4v) is 2.94. The summed E-state index contributed by atoms with van der Waals surface area (Å²) in [5, 5.41) is 4.56. The predicted molar refractivity (Wildman–Crippen MR) is 118 cm³/mol. The zero-order chi connectivity index (χ0) is 20.5. The maximum Gasteiger partial charge on any atom is 0.277 e. The molecule has 1 N–H and O–H groups in total. The summed E-state index contributed by atoms with van der Waals surface area (Å²) in [5.41, 5.74) is 4.29. The average molecular weight is 474 g/mol. The van der Waals surface area contributed by atoms with Crippen LogP contribution in [0, 0.1) is 0 Å². The standard InChI is InChI=1S/C22H18BrClN2O3/c23-18-5-1-4-17(11-18)14-28-21-6-2-3-16(12-21)13-25-26-22(27)15-29-20-9-7-19(24)8-10-20/h1-13H,14-15H2,(H,26,27)/b25-13-. The van der Waals surface area contributed by atoms with Gasteiger partial charge in [0.25, 0.3) is 5.91 Å². The van der Waals surface area contributed by atoms with Gasteiger partial charge < -0.3 is 9.47 Å². The molecule has 0 aromatic heterocycles. The molecule has 0 spiro atoms. The molecule has 1 amide bonds. The van der Waals surface area contributed by atoms with Crippen LogP contribution >= 0.6 is 27.5 Å². The number of carbonyl (C=O) groups is 1. The fourth-order valence-electron chi connectivity index (χ4n) is 2.37. The van der Waals surface area contributed by atoms with Crippen LogP contribution in [0.5, 0.6) is 11.5 Å². The number of hydrazone groups is 1. The monoisotopic (exact) mass is 472 g/mol. The Hall–Kier alpha value is -2.83. The van der Waals surface area contributed by atoms with Crippen molar-refractivity contribution in [3.05, 3.63) is 93.4 Å². The van der Waals surface area contributed by atoms with Crippen molar-refractivity contribution in [2.24, 2.45) is 5.10 Å². The molecular weight excluding hydrogens is 456 g/mol. The molecule has 0 radical (unpaired) electrons. The average Bonchev–Trinajstić information content (AvgIpc) is 2.72. The summed E-state index contributed by atoms with van der Waals surface area (Å²) in [6.45, 7) is 0.313. The maximum atomic E-state index is 11.8. The van der Waals surface area contributed by atoms with Gasteiger partial charge >= 0.3 is 0 Å². The molecule has 0 saturated heterocycles. The van der Waals surface area contributed by atoms with E-state index < -0.39 is 0 Å². The first-order chi connectivity index (χ1) is 14.1. The number of hydrogen-bond acceptors (Lipinski definition) is 4. The molecule has 0 aliphatic rings. The zero-order valence-corrected chi connectivity index (χ0v) is 17.7. The second kappa shape index (κ2) is 10.6. The molecule has 29 heavy (non-hydrogen) atoms. The van der Waals surface area contributed by atoms with E-state index in [2.05, 4.69) is 26.5 Å². The van der Waals surface area contributed by atoms with Crippen LogP contribution in [-0.2, 0) is 11.4 Å². The Kier molecular flexibility index (Phi) is 7.67. The summed E-state index contributed by atoms with van der Waals surface area (Å²) >= 11 is 9.25. The number of benzene rings is 3. The van der Waals surface area contributed by atoms with E-state index in [0.717, 1.165) is 15.6 Å². The Bertz CT molecular complexity index is 993. The predicted octanol–water partition coefficient (Wildman–Crippen LogP) is 5.21. The molecule has 3 aromatic carbocycles. The van der Waals surface area contributed by atoms with Gasteiger partial charge in [-0.3, -0.25) is 4.79 Å². The number of hydrogen-bond donors (Lipinski definition) is 1. The molecule has 3 aromatic rings. The highest BCUT2D eigenvalue weighted by Gasteiger charge is 2.02. The van der Waals surface area contributed by atoms with Crippen molar-refractivity contribution in [2.75, 3.05) is 6.61 Å². The summed E-state index contributed by atoms with van der Waals surface area (Å²) in [7, 11) is 0. The van der Waals surface area contributed by atoms with Crippen LogP contribution in [0.4, 0.5) is 0 Å². The van der Waals surface area contributed by atoms with Gasteiger partial charge in [-0.1, -0.05) is 51.8 Å². The van der Waals surface area contributed by atoms with Gasteiger partial charge in [-0.15, -0.1) is 0 Å². The summed E-state index contributed by atoms with van der Waals surface area (Å²) in [6.07, 6.45) is 1.55. The quantitative estimate of drug-likeness (QED) is 0.361. The fraction of sp³-hybridized carbons (Fsp3) is 0.0909. The SMILES string of the molecule is O=C(COc1ccc(Cl)cc1)N/N=C\c1cccc(OCc2cccc(Br)c2)c1. The first kappa shape index (κ1) is 20.9. The van der Waals surface area contributed by atoms with E-state index in [1.807, 2.05) is 48.5 Å². The number of nitrogens with one attached hydrogen (secondary N) is 1.